The van der Waals surface area contributed by atoms with Gasteiger partial charge in [0.15, 0.2) is 0 Å². The number of hydrogen-bond acceptors (Lipinski definition) is 2. The molecule has 0 radical (unpaired) electrons. The van der Waals surface area contributed by atoms with Crippen LogP contribution in [0.5, 0.6) is 0 Å². The molecule has 0 atom stereocenters. The molecule has 2 nitrogen and oxygen atoms in total. The first-order valence-electron chi connectivity index (χ1n) is 4.52. The number of nitrogens with zero attached hydrogens (tertiary/aromatic N) is 2. The van der Waals surface area contributed by atoms with Crippen LogP contribution in [0.25, 0.3) is 0 Å². The molecule has 0 aliphatic rings. The zero-order valence-corrected chi connectivity index (χ0v) is 8.31. The molecule has 0 aliphatic carbocycles. The minimum Gasteiger partial charge on any atom is -0.238 e. The summed E-state index contributed by atoms with van der Waals surface area (Å²) >= 11 is 0. The summed E-state index contributed by atoms with van der Waals surface area (Å²) in [6.45, 7) is 8.36. The predicted molar refractivity (Wildman–Crippen MR) is 50.3 cm³/mol. The van der Waals surface area contributed by atoms with E-state index in [0.29, 0.717) is 0 Å². The van der Waals surface area contributed by atoms with Crippen molar-refractivity contribution in [3.63, 3.8) is 0 Å². The third-order valence-corrected chi connectivity index (χ3v) is 2.19. The highest BCUT2D eigenvalue weighted by Gasteiger charge is 2.04. The van der Waals surface area contributed by atoms with Gasteiger partial charge < -0.3 is 0 Å². The monoisotopic (exact) mass is 164 g/mol. The summed E-state index contributed by atoms with van der Waals surface area (Å²) < 4.78 is 0. The Kier molecular flexibility index (Phi) is 2.79. The molecule has 0 spiro atoms. The fourth-order valence-corrected chi connectivity index (χ4v) is 1.25. The van der Waals surface area contributed by atoms with Crippen molar-refractivity contribution in [2.45, 2.75) is 40.5 Å². The molecule has 0 bridgehead atoms. The number of aromatic nitrogens is 2. The average molecular weight is 164 g/mol. The normalized spacial score (nSPS) is 10.3. The topological polar surface area (TPSA) is 25.8 Å². The van der Waals surface area contributed by atoms with Gasteiger partial charge in [0.05, 0.1) is 0 Å². The molecule has 0 aliphatic heterocycles. The molecule has 0 saturated carbocycles. The van der Waals surface area contributed by atoms with Gasteiger partial charge >= 0.3 is 0 Å². The Bertz CT molecular complexity index is 279. The van der Waals surface area contributed by atoms with Crippen molar-refractivity contribution in [3.05, 3.63) is 22.8 Å². The lowest BCUT2D eigenvalue weighted by Gasteiger charge is -2.06. The molecule has 0 fully saturated rings. The summed E-state index contributed by atoms with van der Waals surface area (Å²) in [7, 11) is 0. The minimum absolute atomic E-state index is 0.925. The van der Waals surface area contributed by atoms with Crippen molar-refractivity contribution in [1.29, 1.82) is 0 Å². The maximum atomic E-state index is 4.46. The van der Waals surface area contributed by atoms with E-state index in [1.54, 1.807) is 0 Å². The van der Waals surface area contributed by atoms with E-state index >= 15 is 0 Å². The molecular formula is C10H16N2. The Labute approximate surface area is 74.1 Å². The van der Waals surface area contributed by atoms with Gasteiger partial charge in [-0.1, -0.05) is 13.8 Å². The van der Waals surface area contributed by atoms with Gasteiger partial charge in [-0.2, -0.15) is 0 Å². The molecule has 0 unspecified atom stereocenters. The maximum absolute atomic E-state index is 4.46. The van der Waals surface area contributed by atoms with Crippen LogP contribution in [0.2, 0.25) is 0 Å². The molecule has 1 aromatic heterocycles. The molecule has 1 heterocycles. The Morgan fingerprint density at radius 3 is 2.17 bits per heavy atom. The van der Waals surface area contributed by atoms with Crippen LogP contribution < -0.4 is 0 Å². The number of aryl methyl sites for hydroxylation is 3. The van der Waals surface area contributed by atoms with Crippen LogP contribution in [-0.4, -0.2) is 9.97 Å². The third-order valence-electron chi connectivity index (χ3n) is 2.19. The van der Waals surface area contributed by atoms with Gasteiger partial charge in [-0.3, -0.25) is 0 Å². The lowest BCUT2D eigenvalue weighted by Crippen LogP contribution is -2.03. The van der Waals surface area contributed by atoms with Gasteiger partial charge in [-0.05, 0) is 25.8 Å². The SMILES string of the molecule is CCc1nc(C)c(C)c(CC)n1. The molecule has 1 aromatic rings. The maximum Gasteiger partial charge on any atom is 0.128 e. The van der Waals surface area contributed by atoms with Crippen LogP contribution in [-0.2, 0) is 12.8 Å². The van der Waals surface area contributed by atoms with Crippen molar-refractivity contribution in [1.82, 2.24) is 9.97 Å². The second kappa shape index (κ2) is 3.65. The van der Waals surface area contributed by atoms with Crippen molar-refractivity contribution < 1.29 is 0 Å². The first kappa shape index (κ1) is 9.17. The second-order valence-corrected chi connectivity index (χ2v) is 3.00. The van der Waals surface area contributed by atoms with Gasteiger partial charge in [0.2, 0.25) is 0 Å². The Hall–Kier alpha value is -0.920. The highest BCUT2D eigenvalue weighted by atomic mass is 14.9. The van der Waals surface area contributed by atoms with Gasteiger partial charge in [0.25, 0.3) is 0 Å². The molecule has 1 rings (SSSR count). The highest BCUT2D eigenvalue weighted by molar-refractivity contribution is 5.23. The second-order valence-electron chi connectivity index (χ2n) is 3.00. The molecule has 66 valence electrons. The summed E-state index contributed by atoms with van der Waals surface area (Å²) in [6.07, 6.45) is 1.93. The molecule has 12 heavy (non-hydrogen) atoms. The lowest BCUT2D eigenvalue weighted by molar-refractivity contribution is 0.852. The first-order chi connectivity index (χ1) is 5.69. The molecule has 2 heteroatoms. The first-order valence-corrected chi connectivity index (χ1v) is 4.52. The minimum atomic E-state index is 0.925. The molecule has 0 aromatic carbocycles. The molecular weight excluding hydrogens is 148 g/mol. The largest absolute Gasteiger partial charge is 0.238 e. The van der Waals surface area contributed by atoms with Gasteiger partial charge in [-0.25, -0.2) is 9.97 Å². The van der Waals surface area contributed by atoms with Crippen molar-refractivity contribution >= 4 is 0 Å². The predicted octanol–water partition coefficient (Wildman–Crippen LogP) is 2.22. The zero-order valence-electron chi connectivity index (χ0n) is 8.31. The summed E-state index contributed by atoms with van der Waals surface area (Å²) in [5.74, 6) is 0.968. The highest BCUT2D eigenvalue weighted by Crippen LogP contribution is 2.09. The van der Waals surface area contributed by atoms with Gasteiger partial charge in [0, 0.05) is 17.8 Å². The summed E-state index contributed by atoms with van der Waals surface area (Å²) in [5.41, 5.74) is 3.56. The van der Waals surface area contributed by atoms with Crippen molar-refractivity contribution in [3.8, 4) is 0 Å². The van der Waals surface area contributed by atoms with Crippen LogP contribution in [0.3, 0.4) is 0 Å². The summed E-state index contributed by atoms with van der Waals surface area (Å²) in [6, 6.07) is 0. The zero-order chi connectivity index (χ0) is 9.14. The smallest absolute Gasteiger partial charge is 0.128 e. The van der Waals surface area contributed by atoms with E-state index in [9.17, 15) is 0 Å². The summed E-state index contributed by atoms with van der Waals surface area (Å²) in [5, 5.41) is 0. The van der Waals surface area contributed by atoms with Crippen LogP contribution in [0.4, 0.5) is 0 Å². The van der Waals surface area contributed by atoms with E-state index in [1.165, 1.54) is 11.3 Å². The van der Waals surface area contributed by atoms with Crippen LogP contribution in [0.15, 0.2) is 0 Å². The van der Waals surface area contributed by atoms with E-state index in [2.05, 4.69) is 37.7 Å². The fourth-order valence-electron chi connectivity index (χ4n) is 1.25. The van der Waals surface area contributed by atoms with E-state index < -0.39 is 0 Å². The fraction of sp³-hybridized carbons (Fsp3) is 0.600. The van der Waals surface area contributed by atoms with Gasteiger partial charge in [-0.15, -0.1) is 0 Å². The van der Waals surface area contributed by atoms with Crippen LogP contribution >= 0.6 is 0 Å². The van der Waals surface area contributed by atoms with Crippen molar-refractivity contribution in [2.24, 2.45) is 0 Å². The Balaban J connectivity index is 3.19. The Morgan fingerprint density at radius 2 is 1.67 bits per heavy atom. The lowest BCUT2D eigenvalue weighted by atomic mass is 10.1. The van der Waals surface area contributed by atoms with Gasteiger partial charge in [0.1, 0.15) is 5.82 Å². The summed E-state index contributed by atoms with van der Waals surface area (Å²) in [4.78, 5) is 8.85. The molecule has 0 amide bonds. The van der Waals surface area contributed by atoms with E-state index in [1.807, 2.05) is 0 Å². The molecule has 0 saturated heterocycles. The third kappa shape index (κ3) is 1.63. The van der Waals surface area contributed by atoms with Crippen LogP contribution in [0.1, 0.15) is 36.6 Å². The quantitative estimate of drug-likeness (QED) is 0.669. The number of hydrogen-bond donors (Lipinski definition) is 0. The molecule has 0 N–H and O–H groups in total. The van der Waals surface area contributed by atoms with E-state index in [0.717, 1.165) is 24.4 Å². The Morgan fingerprint density at radius 1 is 1.00 bits per heavy atom. The van der Waals surface area contributed by atoms with E-state index in [-0.39, 0.29) is 0 Å². The average Bonchev–Trinajstić information content (AvgIpc) is 2.09. The van der Waals surface area contributed by atoms with Crippen LogP contribution in [0, 0.1) is 13.8 Å². The van der Waals surface area contributed by atoms with E-state index in [4.69, 9.17) is 0 Å². The van der Waals surface area contributed by atoms with Crippen molar-refractivity contribution in [2.75, 3.05) is 0 Å². The number of rotatable bonds is 2. The standard InChI is InChI=1S/C10H16N2/c1-5-9-7(3)8(4)11-10(6-2)12-9/h5-6H2,1-4H3.